The summed E-state index contributed by atoms with van der Waals surface area (Å²) >= 11 is 0. The standard InChI is InChI=1S/C30H32N2O6/c1-36-18-29(35)32-22-11-12-26-24(13-22)25-14-23(37-27(17-33)30(25)38-26)15-28(34)31-16-19-7-9-21(10-8-19)20-5-3-2-4-6-20/h2-13,23,25,27,30,33H,14-18H2,1H3,(H,31,34)(H,32,35)/t23-,25+,27-,30-/m0/s1. The Morgan fingerprint density at radius 2 is 1.76 bits per heavy atom. The number of aliphatic hydroxyl groups excluding tert-OH is 1. The highest BCUT2D eigenvalue weighted by Gasteiger charge is 2.46. The molecule has 0 aromatic heterocycles. The van der Waals surface area contributed by atoms with E-state index in [-0.39, 0.29) is 49.6 Å². The summed E-state index contributed by atoms with van der Waals surface area (Å²) in [6, 6.07) is 23.8. The van der Waals surface area contributed by atoms with Crippen LogP contribution in [0.25, 0.3) is 11.1 Å². The van der Waals surface area contributed by atoms with Gasteiger partial charge in [0.25, 0.3) is 0 Å². The van der Waals surface area contributed by atoms with Gasteiger partial charge in [0.2, 0.25) is 11.8 Å². The number of hydrogen-bond donors (Lipinski definition) is 3. The molecule has 2 amide bonds. The Bertz CT molecular complexity index is 1260. The minimum absolute atomic E-state index is 0.0333. The largest absolute Gasteiger partial charge is 0.487 e. The smallest absolute Gasteiger partial charge is 0.250 e. The maximum Gasteiger partial charge on any atom is 0.250 e. The van der Waals surface area contributed by atoms with E-state index in [9.17, 15) is 14.7 Å². The normalized spacial score (nSPS) is 21.6. The van der Waals surface area contributed by atoms with Gasteiger partial charge < -0.3 is 30.0 Å². The van der Waals surface area contributed by atoms with Crippen LogP contribution in [-0.2, 0) is 25.6 Å². The fourth-order valence-corrected chi connectivity index (χ4v) is 5.22. The lowest BCUT2D eigenvalue weighted by Crippen LogP contribution is -2.47. The summed E-state index contributed by atoms with van der Waals surface area (Å²) in [4.78, 5) is 24.7. The van der Waals surface area contributed by atoms with Gasteiger partial charge in [-0.15, -0.1) is 0 Å². The minimum atomic E-state index is -0.545. The van der Waals surface area contributed by atoms with Gasteiger partial charge in [-0.3, -0.25) is 9.59 Å². The molecule has 1 fully saturated rings. The second-order valence-corrected chi connectivity index (χ2v) is 9.68. The molecule has 2 aliphatic rings. The number of carbonyl (C=O) groups is 2. The molecule has 0 spiro atoms. The summed E-state index contributed by atoms with van der Waals surface area (Å²) in [5.74, 6) is 0.290. The number of carbonyl (C=O) groups excluding carboxylic acids is 2. The Morgan fingerprint density at radius 3 is 2.50 bits per heavy atom. The summed E-state index contributed by atoms with van der Waals surface area (Å²) in [6.07, 6.45) is -0.502. The van der Waals surface area contributed by atoms with Crippen molar-refractivity contribution in [1.82, 2.24) is 5.32 Å². The van der Waals surface area contributed by atoms with Crippen molar-refractivity contribution in [1.29, 1.82) is 0 Å². The molecule has 3 N–H and O–H groups in total. The number of fused-ring (bicyclic) bond motifs is 3. The molecular formula is C30H32N2O6. The van der Waals surface area contributed by atoms with E-state index >= 15 is 0 Å². The molecule has 8 nitrogen and oxygen atoms in total. The molecule has 8 heteroatoms. The van der Waals surface area contributed by atoms with Crippen molar-refractivity contribution in [2.24, 2.45) is 0 Å². The zero-order valence-electron chi connectivity index (χ0n) is 21.3. The average Bonchev–Trinajstić information content (AvgIpc) is 3.30. The lowest BCUT2D eigenvalue weighted by molar-refractivity contribution is -0.142. The average molecular weight is 517 g/mol. The summed E-state index contributed by atoms with van der Waals surface area (Å²) in [7, 11) is 1.47. The van der Waals surface area contributed by atoms with Crippen LogP contribution in [0.3, 0.4) is 0 Å². The predicted molar refractivity (Wildman–Crippen MR) is 143 cm³/mol. The van der Waals surface area contributed by atoms with E-state index < -0.39 is 6.10 Å². The first-order valence-electron chi connectivity index (χ1n) is 12.8. The maximum atomic E-state index is 12.8. The van der Waals surface area contributed by atoms with Crippen molar-refractivity contribution in [2.45, 2.75) is 43.6 Å². The number of ether oxygens (including phenoxy) is 3. The number of rotatable bonds is 9. The molecule has 0 bridgehead atoms. The molecule has 2 aliphatic heterocycles. The minimum Gasteiger partial charge on any atom is -0.487 e. The van der Waals surface area contributed by atoms with Crippen LogP contribution in [0.4, 0.5) is 5.69 Å². The fourth-order valence-electron chi connectivity index (χ4n) is 5.22. The van der Waals surface area contributed by atoms with Crippen molar-refractivity contribution >= 4 is 17.5 Å². The van der Waals surface area contributed by atoms with Gasteiger partial charge >= 0.3 is 0 Å². The highest BCUT2D eigenvalue weighted by Crippen LogP contribution is 2.47. The highest BCUT2D eigenvalue weighted by molar-refractivity contribution is 5.92. The second-order valence-electron chi connectivity index (χ2n) is 9.68. The lowest BCUT2D eigenvalue weighted by Gasteiger charge is -2.37. The van der Waals surface area contributed by atoms with Crippen molar-refractivity contribution in [2.75, 3.05) is 25.6 Å². The number of benzene rings is 3. The topological polar surface area (TPSA) is 106 Å². The Kier molecular flexibility index (Phi) is 8.03. The van der Waals surface area contributed by atoms with Crippen LogP contribution in [0.1, 0.15) is 29.9 Å². The quantitative estimate of drug-likeness (QED) is 0.401. The first-order chi connectivity index (χ1) is 18.5. The Balaban J connectivity index is 1.19. The molecule has 0 aliphatic carbocycles. The zero-order valence-corrected chi connectivity index (χ0v) is 21.3. The van der Waals surface area contributed by atoms with Gasteiger partial charge in [0.05, 0.1) is 19.1 Å². The van der Waals surface area contributed by atoms with Crippen molar-refractivity contribution in [3.63, 3.8) is 0 Å². The molecule has 3 aromatic carbocycles. The lowest BCUT2D eigenvalue weighted by atomic mass is 9.84. The Morgan fingerprint density at radius 1 is 1.00 bits per heavy atom. The third-order valence-electron chi connectivity index (χ3n) is 7.02. The molecule has 2 heterocycles. The van der Waals surface area contributed by atoms with Crippen LogP contribution in [0.2, 0.25) is 0 Å². The fraction of sp³-hybridized carbons (Fsp3) is 0.333. The van der Waals surface area contributed by atoms with Gasteiger partial charge in [-0.2, -0.15) is 0 Å². The van der Waals surface area contributed by atoms with Crippen LogP contribution >= 0.6 is 0 Å². The van der Waals surface area contributed by atoms with Crippen LogP contribution in [-0.4, -0.2) is 55.6 Å². The molecule has 4 atom stereocenters. The van der Waals surface area contributed by atoms with Crippen LogP contribution in [0.15, 0.2) is 72.8 Å². The SMILES string of the molecule is COCC(=O)Nc1ccc2c(c1)[C@H]1C[C@@H](CC(=O)NCc3ccc(-c4ccccc4)cc3)O[C@@H](CO)[C@H]1O2. The first-order valence-corrected chi connectivity index (χ1v) is 12.8. The predicted octanol–water partition coefficient (Wildman–Crippen LogP) is 3.64. The molecule has 0 radical (unpaired) electrons. The monoisotopic (exact) mass is 516 g/mol. The van der Waals surface area contributed by atoms with E-state index in [1.54, 1.807) is 6.07 Å². The summed E-state index contributed by atoms with van der Waals surface area (Å²) < 4.78 is 17.1. The number of methoxy groups -OCH3 is 1. The summed E-state index contributed by atoms with van der Waals surface area (Å²) in [5.41, 5.74) is 4.88. The van der Waals surface area contributed by atoms with Gasteiger partial charge in [-0.1, -0.05) is 54.6 Å². The zero-order chi connectivity index (χ0) is 26.5. The van der Waals surface area contributed by atoms with Crippen LogP contribution < -0.4 is 15.4 Å². The molecule has 0 saturated carbocycles. The van der Waals surface area contributed by atoms with Crippen LogP contribution in [0, 0.1) is 0 Å². The van der Waals surface area contributed by atoms with Crippen molar-refractivity contribution < 1.29 is 28.9 Å². The van der Waals surface area contributed by atoms with E-state index in [4.69, 9.17) is 14.2 Å². The number of nitrogens with one attached hydrogen (secondary N) is 2. The van der Waals surface area contributed by atoms with Crippen molar-refractivity contribution in [3.8, 4) is 16.9 Å². The summed E-state index contributed by atoms with van der Waals surface area (Å²) in [5, 5.41) is 15.8. The number of hydrogen-bond acceptors (Lipinski definition) is 6. The van der Waals surface area contributed by atoms with Gasteiger partial charge in [0.1, 0.15) is 24.6 Å². The van der Waals surface area contributed by atoms with Gasteiger partial charge in [-0.25, -0.2) is 0 Å². The molecule has 0 unspecified atom stereocenters. The Hall–Kier alpha value is -3.72. The van der Waals surface area contributed by atoms with Crippen molar-refractivity contribution in [3.05, 3.63) is 83.9 Å². The van der Waals surface area contributed by atoms with E-state index in [1.165, 1.54) is 7.11 Å². The summed E-state index contributed by atoms with van der Waals surface area (Å²) in [6.45, 7) is 0.180. The maximum absolute atomic E-state index is 12.8. The third-order valence-corrected chi connectivity index (χ3v) is 7.02. The van der Waals surface area contributed by atoms with Gasteiger partial charge in [0.15, 0.2) is 0 Å². The van der Waals surface area contributed by atoms with E-state index in [0.29, 0.717) is 24.4 Å². The number of anilines is 1. The van der Waals surface area contributed by atoms with Gasteiger partial charge in [0, 0.05) is 30.8 Å². The van der Waals surface area contributed by atoms with E-state index in [2.05, 4.69) is 34.9 Å². The molecule has 198 valence electrons. The van der Waals surface area contributed by atoms with Crippen LogP contribution in [0.5, 0.6) is 5.75 Å². The molecule has 3 aromatic rings. The molecule has 38 heavy (non-hydrogen) atoms. The molecule has 1 saturated heterocycles. The van der Waals surface area contributed by atoms with E-state index in [0.717, 1.165) is 22.3 Å². The number of amides is 2. The Labute approximate surface area is 221 Å². The molecular weight excluding hydrogens is 484 g/mol. The molecule has 5 rings (SSSR count). The third kappa shape index (κ3) is 5.88. The number of aliphatic hydroxyl groups is 1. The van der Waals surface area contributed by atoms with E-state index in [1.807, 2.05) is 42.5 Å². The first kappa shape index (κ1) is 25.9. The highest BCUT2D eigenvalue weighted by atomic mass is 16.6. The van der Waals surface area contributed by atoms with Gasteiger partial charge in [-0.05, 0) is 41.3 Å². The second kappa shape index (κ2) is 11.8.